The lowest BCUT2D eigenvalue weighted by Gasteiger charge is -2.31. The second-order valence-corrected chi connectivity index (χ2v) is 5.89. The van der Waals surface area contributed by atoms with Crippen LogP contribution in [-0.4, -0.2) is 34.4 Å². The molecule has 5 heteroatoms. The molecular formula is C18H25N3O2. The standard InChI is InChI=1S/C18H25N3O2/c1-3-18(4-2,10-11-22)13-19-17(23)15-12-20-21-16(15)14-8-6-5-7-9-14/h5-9,12,22H,3-4,10-11,13H2,1-2H3,(H,19,23)(H,20,21). The summed E-state index contributed by atoms with van der Waals surface area (Å²) in [7, 11) is 0. The van der Waals surface area contributed by atoms with Gasteiger partial charge < -0.3 is 10.4 Å². The summed E-state index contributed by atoms with van der Waals surface area (Å²) in [6, 6.07) is 9.68. The Kier molecular flexibility index (Phi) is 5.93. The Morgan fingerprint density at radius 3 is 2.57 bits per heavy atom. The molecular weight excluding hydrogens is 290 g/mol. The first-order chi connectivity index (χ1) is 11.2. The van der Waals surface area contributed by atoms with Crippen LogP contribution in [0, 0.1) is 5.41 Å². The summed E-state index contributed by atoms with van der Waals surface area (Å²) >= 11 is 0. The molecule has 0 spiro atoms. The van der Waals surface area contributed by atoms with Crippen LogP contribution in [-0.2, 0) is 0 Å². The van der Waals surface area contributed by atoms with Gasteiger partial charge in [-0.05, 0) is 24.7 Å². The maximum absolute atomic E-state index is 12.5. The summed E-state index contributed by atoms with van der Waals surface area (Å²) in [5.74, 6) is -0.137. The van der Waals surface area contributed by atoms with Gasteiger partial charge in [-0.1, -0.05) is 44.2 Å². The Hall–Kier alpha value is -2.14. The molecule has 0 bridgehead atoms. The normalized spacial score (nSPS) is 11.4. The molecule has 3 N–H and O–H groups in total. The number of benzene rings is 1. The second-order valence-electron chi connectivity index (χ2n) is 5.89. The molecule has 124 valence electrons. The molecule has 2 rings (SSSR count). The van der Waals surface area contributed by atoms with Gasteiger partial charge in [0.15, 0.2) is 0 Å². The predicted octanol–water partition coefficient (Wildman–Crippen LogP) is 3.00. The Morgan fingerprint density at radius 2 is 1.96 bits per heavy atom. The Morgan fingerprint density at radius 1 is 1.26 bits per heavy atom. The third-order valence-corrected chi connectivity index (χ3v) is 4.71. The summed E-state index contributed by atoms with van der Waals surface area (Å²) in [5.41, 5.74) is 2.15. The molecule has 1 aromatic carbocycles. The number of amides is 1. The molecule has 0 atom stereocenters. The van der Waals surface area contributed by atoms with E-state index >= 15 is 0 Å². The number of aromatic amines is 1. The molecule has 5 nitrogen and oxygen atoms in total. The summed E-state index contributed by atoms with van der Waals surface area (Å²) in [6.45, 7) is 4.88. The minimum absolute atomic E-state index is 0.0545. The van der Waals surface area contributed by atoms with Crippen LogP contribution in [0.4, 0.5) is 0 Å². The van der Waals surface area contributed by atoms with Crippen molar-refractivity contribution in [1.29, 1.82) is 0 Å². The summed E-state index contributed by atoms with van der Waals surface area (Å²) in [4.78, 5) is 12.5. The summed E-state index contributed by atoms with van der Waals surface area (Å²) in [5, 5.41) is 19.2. The van der Waals surface area contributed by atoms with E-state index in [9.17, 15) is 9.90 Å². The quantitative estimate of drug-likeness (QED) is 0.701. The SMILES string of the molecule is CCC(CC)(CCO)CNC(=O)c1cn[nH]c1-c1ccccc1. The van der Waals surface area contributed by atoms with Gasteiger partial charge in [0.2, 0.25) is 0 Å². The molecule has 0 aliphatic heterocycles. The Labute approximate surface area is 137 Å². The van der Waals surface area contributed by atoms with E-state index in [1.807, 2.05) is 30.3 Å². The second kappa shape index (κ2) is 7.92. The van der Waals surface area contributed by atoms with E-state index in [1.165, 1.54) is 0 Å². The average molecular weight is 315 g/mol. The number of rotatable bonds is 8. The van der Waals surface area contributed by atoms with Crippen LogP contribution in [0.15, 0.2) is 36.5 Å². The van der Waals surface area contributed by atoms with E-state index in [0.29, 0.717) is 18.5 Å². The number of nitrogens with zero attached hydrogens (tertiary/aromatic N) is 1. The van der Waals surface area contributed by atoms with Crippen molar-refractivity contribution in [3.63, 3.8) is 0 Å². The zero-order chi connectivity index (χ0) is 16.7. The van der Waals surface area contributed by atoms with Crippen LogP contribution < -0.4 is 5.32 Å². The fourth-order valence-electron chi connectivity index (χ4n) is 2.83. The summed E-state index contributed by atoms with van der Waals surface area (Å²) in [6.07, 6.45) is 4.09. The van der Waals surface area contributed by atoms with Crippen molar-refractivity contribution < 1.29 is 9.90 Å². The topological polar surface area (TPSA) is 78.0 Å². The highest BCUT2D eigenvalue weighted by atomic mass is 16.3. The van der Waals surface area contributed by atoms with Crippen LogP contribution in [0.5, 0.6) is 0 Å². The van der Waals surface area contributed by atoms with Gasteiger partial charge in [0.05, 0.1) is 17.5 Å². The van der Waals surface area contributed by atoms with E-state index in [2.05, 4.69) is 29.4 Å². The van der Waals surface area contributed by atoms with Crippen molar-refractivity contribution in [2.45, 2.75) is 33.1 Å². The first-order valence-corrected chi connectivity index (χ1v) is 8.13. The number of hydrogen-bond donors (Lipinski definition) is 3. The monoisotopic (exact) mass is 315 g/mol. The van der Waals surface area contributed by atoms with Gasteiger partial charge in [0.1, 0.15) is 0 Å². The molecule has 0 saturated carbocycles. The van der Waals surface area contributed by atoms with Crippen molar-refractivity contribution >= 4 is 5.91 Å². The van der Waals surface area contributed by atoms with Gasteiger partial charge in [-0.15, -0.1) is 0 Å². The molecule has 23 heavy (non-hydrogen) atoms. The van der Waals surface area contributed by atoms with E-state index < -0.39 is 0 Å². The van der Waals surface area contributed by atoms with Crippen molar-refractivity contribution in [3.8, 4) is 11.3 Å². The first-order valence-electron chi connectivity index (χ1n) is 8.13. The fourth-order valence-corrected chi connectivity index (χ4v) is 2.83. The number of aliphatic hydroxyl groups excluding tert-OH is 1. The molecule has 1 amide bonds. The molecule has 0 saturated heterocycles. The van der Waals surface area contributed by atoms with Gasteiger partial charge in [-0.25, -0.2) is 0 Å². The number of aliphatic hydroxyl groups is 1. The average Bonchev–Trinajstić information content (AvgIpc) is 3.09. The number of H-pyrrole nitrogens is 1. The van der Waals surface area contributed by atoms with Gasteiger partial charge in [-0.3, -0.25) is 9.89 Å². The highest BCUT2D eigenvalue weighted by molar-refractivity contribution is 5.99. The lowest BCUT2D eigenvalue weighted by atomic mass is 9.79. The molecule has 0 radical (unpaired) electrons. The molecule has 2 aromatic rings. The summed E-state index contributed by atoms with van der Waals surface area (Å²) < 4.78 is 0. The van der Waals surface area contributed by atoms with Crippen molar-refractivity contribution in [2.75, 3.05) is 13.2 Å². The zero-order valence-corrected chi connectivity index (χ0v) is 13.8. The smallest absolute Gasteiger partial charge is 0.255 e. The van der Waals surface area contributed by atoms with Gasteiger partial charge in [0.25, 0.3) is 5.91 Å². The van der Waals surface area contributed by atoms with E-state index in [1.54, 1.807) is 6.20 Å². The highest BCUT2D eigenvalue weighted by Gasteiger charge is 2.27. The largest absolute Gasteiger partial charge is 0.396 e. The molecule has 0 aliphatic carbocycles. The lowest BCUT2D eigenvalue weighted by Crippen LogP contribution is -2.37. The number of carbonyl (C=O) groups is 1. The predicted molar refractivity (Wildman–Crippen MR) is 91.1 cm³/mol. The first kappa shape index (κ1) is 17.2. The third-order valence-electron chi connectivity index (χ3n) is 4.71. The van der Waals surface area contributed by atoms with Crippen LogP contribution in [0.3, 0.4) is 0 Å². The number of carbonyl (C=O) groups excluding carboxylic acids is 1. The zero-order valence-electron chi connectivity index (χ0n) is 13.8. The van der Waals surface area contributed by atoms with Crippen LogP contribution in [0.25, 0.3) is 11.3 Å². The Bertz CT molecular complexity index is 618. The van der Waals surface area contributed by atoms with Gasteiger partial charge >= 0.3 is 0 Å². The molecule has 0 fully saturated rings. The molecule has 0 unspecified atom stereocenters. The van der Waals surface area contributed by atoms with Crippen LogP contribution >= 0.6 is 0 Å². The molecule has 0 aliphatic rings. The van der Waals surface area contributed by atoms with E-state index in [4.69, 9.17) is 0 Å². The highest BCUT2D eigenvalue weighted by Crippen LogP contribution is 2.29. The van der Waals surface area contributed by atoms with Gasteiger partial charge in [-0.2, -0.15) is 5.10 Å². The van der Waals surface area contributed by atoms with E-state index in [0.717, 1.165) is 24.1 Å². The number of aromatic nitrogens is 2. The van der Waals surface area contributed by atoms with Crippen molar-refractivity contribution in [2.24, 2.45) is 5.41 Å². The lowest BCUT2D eigenvalue weighted by molar-refractivity contribution is 0.0908. The van der Waals surface area contributed by atoms with Crippen LogP contribution in [0.2, 0.25) is 0 Å². The maximum atomic E-state index is 12.5. The van der Waals surface area contributed by atoms with E-state index in [-0.39, 0.29) is 17.9 Å². The van der Waals surface area contributed by atoms with Crippen molar-refractivity contribution in [1.82, 2.24) is 15.5 Å². The molecule has 1 aromatic heterocycles. The Balaban J connectivity index is 2.12. The number of hydrogen-bond acceptors (Lipinski definition) is 3. The van der Waals surface area contributed by atoms with Crippen molar-refractivity contribution in [3.05, 3.63) is 42.1 Å². The minimum atomic E-state index is -0.137. The fraction of sp³-hybridized carbons (Fsp3) is 0.444. The maximum Gasteiger partial charge on any atom is 0.255 e. The number of nitrogens with one attached hydrogen (secondary N) is 2. The van der Waals surface area contributed by atoms with Crippen LogP contribution in [0.1, 0.15) is 43.5 Å². The van der Waals surface area contributed by atoms with Gasteiger partial charge in [0, 0.05) is 18.7 Å². The molecule has 1 heterocycles. The third kappa shape index (κ3) is 3.99. The minimum Gasteiger partial charge on any atom is -0.396 e.